The van der Waals surface area contributed by atoms with Gasteiger partial charge < -0.3 is 5.73 Å². The van der Waals surface area contributed by atoms with Crippen LogP contribution in [0.3, 0.4) is 0 Å². The predicted molar refractivity (Wildman–Crippen MR) is 89.8 cm³/mol. The molecular formula is C16H18ClN3OS. The van der Waals surface area contributed by atoms with Crippen LogP contribution in [0.1, 0.15) is 18.5 Å². The van der Waals surface area contributed by atoms with E-state index in [0.717, 1.165) is 53.8 Å². The zero-order valence-corrected chi connectivity index (χ0v) is 13.7. The summed E-state index contributed by atoms with van der Waals surface area (Å²) >= 11 is 7.83. The summed E-state index contributed by atoms with van der Waals surface area (Å²) in [6.45, 7) is 2.60. The van der Waals surface area contributed by atoms with Crippen LogP contribution in [0.4, 0.5) is 0 Å². The maximum absolute atomic E-state index is 11.2. The maximum Gasteiger partial charge on any atom is 0.220 e. The van der Waals surface area contributed by atoms with Crippen molar-refractivity contribution in [3.63, 3.8) is 0 Å². The Morgan fingerprint density at radius 1 is 1.36 bits per heavy atom. The van der Waals surface area contributed by atoms with Gasteiger partial charge in [0.1, 0.15) is 5.01 Å². The van der Waals surface area contributed by atoms with Crippen LogP contribution < -0.4 is 5.73 Å². The molecule has 0 aliphatic carbocycles. The molecule has 2 heterocycles. The zero-order chi connectivity index (χ0) is 15.5. The van der Waals surface area contributed by atoms with Crippen molar-refractivity contribution < 1.29 is 4.79 Å². The van der Waals surface area contributed by atoms with E-state index in [2.05, 4.69) is 10.3 Å². The second kappa shape index (κ2) is 6.77. The highest BCUT2D eigenvalue weighted by atomic mass is 35.5. The number of nitrogens with two attached hydrogens (primary N) is 1. The topological polar surface area (TPSA) is 59.2 Å². The van der Waals surface area contributed by atoms with Crippen LogP contribution in [0, 0.1) is 5.92 Å². The minimum atomic E-state index is -0.172. The Morgan fingerprint density at radius 2 is 2.09 bits per heavy atom. The van der Waals surface area contributed by atoms with Crippen molar-refractivity contribution >= 4 is 28.8 Å². The van der Waals surface area contributed by atoms with Crippen LogP contribution in [0.2, 0.25) is 5.02 Å². The third-order valence-electron chi connectivity index (χ3n) is 4.03. The Balaban J connectivity index is 1.63. The number of hydrogen-bond donors (Lipinski definition) is 1. The monoisotopic (exact) mass is 335 g/mol. The number of rotatable bonds is 4. The van der Waals surface area contributed by atoms with Gasteiger partial charge in [0, 0.05) is 23.4 Å². The molecule has 0 bridgehead atoms. The van der Waals surface area contributed by atoms with Crippen LogP contribution in [-0.4, -0.2) is 28.9 Å². The molecule has 6 heteroatoms. The highest BCUT2D eigenvalue weighted by Crippen LogP contribution is 2.30. The largest absolute Gasteiger partial charge is 0.369 e. The second-order valence-electron chi connectivity index (χ2n) is 5.58. The molecule has 1 saturated heterocycles. The molecule has 1 aliphatic heterocycles. The van der Waals surface area contributed by atoms with Gasteiger partial charge in [-0.05, 0) is 32.0 Å². The molecular weight excluding hydrogens is 318 g/mol. The number of benzene rings is 1. The number of hydrogen-bond acceptors (Lipinski definition) is 4. The van der Waals surface area contributed by atoms with E-state index in [1.165, 1.54) is 0 Å². The number of halogens is 1. The highest BCUT2D eigenvalue weighted by molar-refractivity contribution is 7.13. The van der Waals surface area contributed by atoms with Crippen molar-refractivity contribution in [3.05, 3.63) is 40.4 Å². The molecule has 0 unspecified atom stereocenters. The Morgan fingerprint density at radius 3 is 2.77 bits per heavy atom. The Hall–Kier alpha value is -1.43. The summed E-state index contributed by atoms with van der Waals surface area (Å²) in [5.41, 5.74) is 7.40. The fraction of sp³-hybridized carbons (Fsp3) is 0.375. The van der Waals surface area contributed by atoms with Gasteiger partial charge in [-0.25, -0.2) is 4.98 Å². The maximum atomic E-state index is 11.2. The van der Waals surface area contributed by atoms with Crippen molar-refractivity contribution in [3.8, 4) is 10.6 Å². The molecule has 3 rings (SSSR count). The first-order valence-corrected chi connectivity index (χ1v) is 8.60. The summed E-state index contributed by atoms with van der Waals surface area (Å²) in [5.74, 6) is -0.139. The van der Waals surface area contributed by atoms with Crippen molar-refractivity contribution in [2.45, 2.75) is 19.4 Å². The molecule has 1 fully saturated rings. The van der Waals surface area contributed by atoms with Gasteiger partial charge in [0.05, 0.1) is 10.7 Å². The molecule has 22 heavy (non-hydrogen) atoms. The minimum absolute atomic E-state index is 0.0328. The molecule has 1 aromatic heterocycles. The molecule has 0 radical (unpaired) electrons. The van der Waals surface area contributed by atoms with Crippen LogP contribution >= 0.6 is 22.9 Å². The quantitative estimate of drug-likeness (QED) is 0.933. The molecule has 4 nitrogen and oxygen atoms in total. The van der Waals surface area contributed by atoms with E-state index in [0.29, 0.717) is 0 Å². The fourth-order valence-electron chi connectivity index (χ4n) is 2.74. The molecule has 0 saturated carbocycles. The number of carbonyl (C=O) groups is 1. The number of aromatic nitrogens is 1. The lowest BCUT2D eigenvalue weighted by Crippen LogP contribution is -2.38. The van der Waals surface area contributed by atoms with Gasteiger partial charge in [0.2, 0.25) is 5.91 Å². The van der Waals surface area contributed by atoms with Crippen LogP contribution in [-0.2, 0) is 11.3 Å². The van der Waals surface area contributed by atoms with E-state index in [9.17, 15) is 4.79 Å². The Bertz CT molecular complexity index is 665. The van der Waals surface area contributed by atoms with Crippen LogP contribution in [0.25, 0.3) is 10.6 Å². The summed E-state index contributed by atoms with van der Waals surface area (Å²) in [7, 11) is 0. The van der Waals surface area contributed by atoms with Gasteiger partial charge in [0.25, 0.3) is 0 Å². The lowest BCUT2D eigenvalue weighted by molar-refractivity contribution is -0.123. The zero-order valence-electron chi connectivity index (χ0n) is 12.2. The van der Waals surface area contributed by atoms with Crippen molar-refractivity contribution in [2.75, 3.05) is 13.1 Å². The van der Waals surface area contributed by atoms with E-state index < -0.39 is 0 Å². The lowest BCUT2D eigenvalue weighted by atomic mass is 9.96. The van der Waals surface area contributed by atoms with Crippen molar-refractivity contribution in [2.24, 2.45) is 11.7 Å². The molecule has 116 valence electrons. The summed E-state index contributed by atoms with van der Waals surface area (Å²) in [5, 5.41) is 3.76. The van der Waals surface area contributed by atoms with Gasteiger partial charge in [0.15, 0.2) is 0 Å². The first kappa shape index (κ1) is 15.5. The van der Waals surface area contributed by atoms with Gasteiger partial charge >= 0.3 is 0 Å². The summed E-state index contributed by atoms with van der Waals surface area (Å²) in [6.07, 6.45) is 1.69. The molecule has 2 N–H and O–H groups in total. The second-order valence-corrected chi connectivity index (χ2v) is 6.84. The first-order valence-electron chi connectivity index (χ1n) is 7.34. The number of piperidine rings is 1. The fourth-order valence-corrected chi connectivity index (χ4v) is 3.87. The minimum Gasteiger partial charge on any atom is -0.369 e. The molecule has 1 aromatic carbocycles. The van der Waals surface area contributed by atoms with Crippen LogP contribution in [0.15, 0.2) is 29.6 Å². The van der Waals surface area contributed by atoms with Crippen molar-refractivity contribution in [1.29, 1.82) is 0 Å². The van der Waals surface area contributed by atoms with Gasteiger partial charge in [-0.15, -0.1) is 11.3 Å². The number of carbonyl (C=O) groups excluding carboxylic acids is 1. The van der Waals surface area contributed by atoms with Crippen LogP contribution in [0.5, 0.6) is 0 Å². The molecule has 0 atom stereocenters. The van der Waals surface area contributed by atoms with E-state index >= 15 is 0 Å². The van der Waals surface area contributed by atoms with Gasteiger partial charge in [-0.3, -0.25) is 9.69 Å². The molecule has 2 aromatic rings. The Kier molecular flexibility index (Phi) is 4.76. The van der Waals surface area contributed by atoms with E-state index in [1.54, 1.807) is 11.3 Å². The summed E-state index contributed by atoms with van der Waals surface area (Å²) in [6, 6.07) is 7.76. The number of amides is 1. The summed E-state index contributed by atoms with van der Waals surface area (Å²) < 4.78 is 0. The third-order valence-corrected chi connectivity index (χ3v) is 5.29. The number of thiazole rings is 1. The van der Waals surface area contributed by atoms with E-state index in [4.69, 9.17) is 22.3 Å². The SMILES string of the molecule is NC(=O)C1CCN(Cc2csc(-c3ccccc3Cl)n2)CC1. The molecule has 1 aliphatic rings. The Labute approximate surface area is 138 Å². The highest BCUT2D eigenvalue weighted by Gasteiger charge is 2.23. The normalized spacial score (nSPS) is 16.8. The van der Waals surface area contributed by atoms with Crippen molar-refractivity contribution in [1.82, 2.24) is 9.88 Å². The standard InChI is InChI=1S/C16H18ClN3OS/c17-14-4-2-1-3-13(14)16-19-12(10-22-16)9-20-7-5-11(6-8-20)15(18)21/h1-4,10-11H,5-9H2,(H2,18,21). The van der Waals surface area contributed by atoms with Gasteiger partial charge in [-0.1, -0.05) is 29.8 Å². The molecule has 1 amide bonds. The van der Waals surface area contributed by atoms with Gasteiger partial charge in [-0.2, -0.15) is 0 Å². The predicted octanol–water partition coefficient (Wildman–Crippen LogP) is 3.16. The van der Waals surface area contributed by atoms with E-state index in [-0.39, 0.29) is 11.8 Å². The number of nitrogens with zero attached hydrogens (tertiary/aromatic N) is 2. The number of likely N-dealkylation sites (tertiary alicyclic amines) is 1. The number of primary amides is 1. The smallest absolute Gasteiger partial charge is 0.220 e. The molecule has 0 spiro atoms. The average Bonchev–Trinajstić information content (AvgIpc) is 2.96. The lowest BCUT2D eigenvalue weighted by Gasteiger charge is -2.29. The third kappa shape index (κ3) is 3.48. The first-order chi connectivity index (χ1) is 10.6. The summed E-state index contributed by atoms with van der Waals surface area (Å²) in [4.78, 5) is 18.2. The van der Waals surface area contributed by atoms with E-state index in [1.807, 2.05) is 24.3 Å². The average molecular weight is 336 g/mol.